The molecule has 1 atom stereocenters. The van der Waals surface area contributed by atoms with Gasteiger partial charge in [0, 0.05) is 23.2 Å². The normalized spacial score (nSPS) is 17.7. The van der Waals surface area contributed by atoms with E-state index in [1.54, 1.807) is 0 Å². The Kier molecular flexibility index (Phi) is 2.88. The minimum absolute atomic E-state index is 0.00102. The van der Waals surface area contributed by atoms with Crippen molar-refractivity contribution in [3.05, 3.63) is 70.9 Å². The van der Waals surface area contributed by atoms with Gasteiger partial charge in [-0.05, 0) is 29.3 Å². The zero-order valence-corrected chi connectivity index (χ0v) is 11.9. The van der Waals surface area contributed by atoms with Crippen molar-refractivity contribution in [2.45, 2.75) is 18.5 Å². The first-order valence-corrected chi connectivity index (χ1v) is 7.26. The number of aromatic nitrogens is 1. The van der Waals surface area contributed by atoms with Gasteiger partial charge in [-0.25, -0.2) is 0 Å². The predicted molar refractivity (Wildman–Crippen MR) is 80.5 cm³/mol. The summed E-state index contributed by atoms with van der Waals surface area (Å²) in [5, 5.41) is 0.957. The van der Waals surface area contributed by atoms with Gasteiger partial charge in [0.1, 0.15) is 0 Å². The van der Waals surface area contributed by atoms with E-state index < -0.39 is 11.7 Å². The zero-order valence-electron chi connectivity index (χ0n) is 11.9. The highest BCUT2D eigenvalue weighted by Crippen LogP contribution is 2.42. The molecule has 1 aromatic heterocycles. The third-order valence-electron chi connectivity index (χ3n) is 4.40. The number of ketones is 1. The molecule has 23 heavy (non-hydrogen) atoms. The molecule has 5 heteroatoms. The maximum absolute atomic E-state index is 12.7. The lowest BCUT2D eigenvalue weighted by atomic mass is 9.91. The van der Waals surface area contributed by atoms with E-state index in [9.17, 15) is 18.0 Å². The topological polar surface area (TPSA) is 32.9 Å². The molecule has 0 aliphatic heterocycles. The van der Waals surface area contributed by atoms with Crippen LogP contribution in [0.2, 0.25) is 0 Å². The Morgan fingerprint density at radius 3 is 2.39 bits per heavy atom. The predicted octanol–water partition coefficient (Wildman–Crippen LogP) is 4.91. The number of nitrogens with one attached hydrogen (secondary N) is 1. The number of carbonyl (C=O) groups excluding carboxylic acids is 1. The summed E-state index contributed by atoms with van der Waals surface area (Å²) in [6.07, 6.45) is -4.06. The number of halogens is 3. The molecule has 0 saturated carbocycles. The van der Waals surface area contributed by atoms with E-state index in [1.165, 1.54) is 12.1 Å². The average molecular weight is 315 g/mol. The first-order chi connectivity index (χ1) is 10.9. The van der Waals surface area contributed by atoms with Crippen molar-refractivity contribution in [2.75, 3.05) is 0 Å². The number of benzene rings is 2. The number of aromatic amines is 1. The third-order valence-corrected chi connectivity index (χ3v) is 4.40. The lowest BCUT2D eigenvalue weighted by Gasteiger charge is -2.13. The Morgan fingerprint density at radius 1 is 1.00 bits per heavy atom. The highest BCUT2D eigenvalue weighted by atomic mass is 19.4. The van der Waals surface area contributed by atoms with Crippen molar-refractivity contribution in [3.8, 4) is 0 Å². The summed E-state index contributed by atoms with van der Waals surface area (Å²) in [6, 6.07) is 12.7. The molecule has 0 spiro atoms. The molecule has 0 bridgehead atoms. The molecule has 1 N–H and O–H groups in total. The minimum atomic E-state index is -4.35. The molecule has 0 radical (unpaired) electrons. The van der Waals surface area contributed by atoms with E-state index in [4.69, 9.17) is 0 Å². The second-order valence-corrected chi connectivity index (χ2v) is 5.76. The maximum Gasteiger partial charge on any atom is 0.416 e. The molecule has 0 amide bonds. The van der Waals surface area contributed by atoms with Crippen LogP contribution in [-0.2, 0) is 6.18 Å². The van der Waals surface area contributed by atoms with Crippen molar-refractivity contribution in [3.63, 3.8) is 0 Å². The summed E-state index contributed by atoms with van der Waals surface area (Å²) in [7, 11) is 0. The summed E-state index contributed by atoms with van der Waals surface area (Å²) in [5.74, 6) is -0.197. The Labute approximate surface area is 129 Å². The van der Waals surface area contributed by atoms with Crippen LogP contribution in [0.15, 0.2) is 48.5 Å². The third kappa shape index (κ3) is 2.15. The number of hydrogen-bond donors (Lipinski definition) is 1. The molecule has 2 aromatic carbocycles. The van der Waals surface area contributed by atoms with Gasteiger partial charge in [-0.2, -0.15) is 13.2 Å². The molecule has 1 aliphatic rings. The lowest BCUT2D eigenvalue weighted by Crippen LogP contribution is -2.05. The van der Waals surface area contributed by atoms with E-state index in [-0.39, 0.29) is 18.1 Å². The molecule has 1 aliphatic carbocycles. The van der Waals surface area contributed by atoms with Crippen LogP contribution in [0.5, 0.6) is 0 Å². The summed E-state index contributed by atoms with van der Waals surface area (Å²) in [5.41, 5.74) is 2.41. The van der Waals surface area contributed by atoms with Crippen LogP contribution < -0.4 is 0 Å². The van der Waals surface area contributed by atoms with Gasteiger partial charge >= 0.3 is 6.18 Å². The molecule has 3 aromatic rings. The SMILES string of the molecule is O=C1CC(c2ccc(C(F)(F)F)cc2)c2c1[nH]c1ccccc21. The number of para-hydroxylation sites is 1. The van der Waals surface area contributed by atoms with Gasteiger partial charge in [-0.3, -0.25) is 4.79 Å². The second-order valence-electron chi connectivity index (χ2n) is 5.76. The van der Waals surface area contributed by atoms with Gasteiger partial charge < -0.3 is 4.98 Å². The standard InChI is InChI=1S/C18H12F3NO/c19-18(20,21)11-7-5-10(6-8-11)13-9-15(23)17-16(13)12-3-1-2-4-14(12)22-17/h1-8,13,22H,9H2. The van der Waals surface area contributed by atoms with Crippen molar-refractivity contribution in [1.82, 2.24) is 4.98 Å². The van der Waals surface area contributed by atoms with Gasteiger partial charge in [0.25, 0.3) is 0 Å². The van der Waals surface area contributed by atoms with Crippen molar-refractivity contribution in [1.29, 1.82) is 0 Å². The largest absolute Gasteiger partial charge is 0.416 e. The van der Waals surface area contributed by atoms with Crippen LogP contribution in [0.25, 0.3) is 10.9 Å². The lowest BCUT2D eigenvalue weighted by molar-refractivity contribution is -0.137. The monoisotopic (exact) mass is 315 g/mol. The van der Waals surface area contributed by atoms with Gasteiger partial charge in [-0.1, -0.05) is 30.3 Å². The first-order valence-electron chi connectivity index (χ1n) is 7.26. The van der Waals surface area contributed by atoms with E-state index in [1.807, 2.05) is 24.3 Å². The fraction of sp³-hybridized carbons (Fsp3) is 0.167. The van der Waals surface area contributed by atoms with Crippen molar-refractivity contribution in [2.24, 2.45) is 0 Å². The van der Waals surface area contributed by atoms with Crippen LogP contribution in [0.1, 0.15) is 39.5 Å². The quantitative estimate of drug-likeness (QED) is 0.680. The Morgan fingerprint density at radius 2 is 1.70 bits per heavy atom. The fourth-order valence-corrected chi connectivity index (χ4v) is 3.32. The molecule has 0 saturated heterocycles. The van der Waals surface area contributed by atoms with Crippen LogP contribution in [0.4, 0.5) is 13.2 Å². The van der Waals surface area contributed by atoms with Gasteiger partial charge in [0.15, 0.2) is 5.78 Å². The van der Waals surface area contributed by atoms with Crippen LogP contribution in [0.3, 0.4) is 0 Å². The fourth-order valence-electron chi connectivity index (χ4n) is 3.32. The highest BCUT2D eigenvalue weighted by Gasteiger charge is 2.35. The molecular weight excluding hydrogens is 303 g/mol. The molecular formula is C18H12F3NO. The number of fused-ring (bicyclic) bond motifs is 3. The van der Waals surface area contributed by atoms with E-state index >= 15 is 0 Å². The second kappa shape index (κ2) is 4.72. The van der Waals surface area contributed by atoms with E-state index in [2.05, 4.69) is 4.98 Å². The summed E-state index contributed by atoms with van der Waals surface area (Å²) >= 11 is 0. The Hall–Kier alpha value is -2.56. The van der Waals surface area contributed by atoms with Crippen LogP contribution in [-0.4, -0.2) is 10.8 Å². The number of hydrogen-bond acceptors (Lipinski definition) is 1. The van der Waals surface area contributed by atoms with Gasteiger partial charge in [0.05, 0.1) is 11.3 Å². The number of H-pyrrole nitrogens is 1. The van der Waals surface area contributed by atoms with Crippen LogP contribution >= 0.6 is 0 Å². The van der Waals surface area contributed by atoms with E-state index in [0.717, 1.165) is 34.2 Å². The molecule has 2 nitrogen and oxygen atoms in total. The number of carbonyl (C=O) groups is 1. The zero-order chi connectivity index (χ0) is 16.2. The average Bonchev–Trinajstić information content (AvgIpc) is 3.05. The summed E-state index contributed by atoms with van der Waals surface area (Å²) in [4.78, 5) is 15.4. The van der Waals surface area contributed by atoms with Gasteiger partial charge in [0.2, 0.25) is 0 Å². The number of Topliss-reactive ketones (excluding diaryl/α,β-unsaturated/α-hetero) is 1. The smallest absolute Gasteiger partial charge is 0.352 e. The summed E-state index contributed by atoms with van der Waals surface area (Å²) in [6.45, 7) is 0. The van der Waals surface area contributed by atoms with Gasteiger partial charge in [-0.15, -0.1) is 0 Å². The molecule has 1 heterocycles. The number of alkyl halides is 3. The molecule has 0 fully saturated rings. The van der Waals surface area contributed by atoms with Crippen molar-refractivity contribution < 1.29 is 18.0 Å². The Balaban J connectivity index is 1.82. The van der Waals surface area contributed by atoms with Crippen molar-refractivity contribution >= 4 is 16.7 Å². The number of rotatable bonds is 1. The maximum atomic E-state index is 12.7. The molecule has 1 unspecified atom stereocenters. The molecule has 4 rings (SSSR count). The minimum Gasteiger partial charge on any atom is -0.352 e. The first kappa shape index (κ1) is 14.1. The van der Waals surface area contributed by atoms with Crippen LogP contribution in [0, 0.1) is 0 Å². The van der Waals surface area contributed by atoms with E-state index in [0.29, 0.717) is 5.69 Å². The highest BCUT2D eigenvalue weighted by molar-refractivity contribution is 6.07. The summed E-state index contributed by atoms with van der Waals surface area (Å²) < 4.78 is 38.1. The Bertz CT molecular complexity index is 906. The molecule has 116 valence electrons.